The Morgan fingerprint density at radius 1 is 1.37 bits per heavy atom. The van der Waals surface area contributed by atoms with Crippen LogP contribution in [-0.2, 0) is 6.54 Å². The number of anilines is 1. The number of nitrogen functional groups attached to an aromatic ring is 1. The molecule has 1 amide bonds. The number of hydrogen-bond donors (Lipinski definition) is 2. The van der Waals surface area contributed by atoms with E-state index in [0.717, 1.165) is 5.56 Å². The van der Waals surface area contributed by atoms with E-state index in [1.54, 1.807) is 12.3 Å². The lowest BCUT2D eigenvalue weighted by atomic mass is 10.2. The third-order valence-corrected chi connectivity index (χ3v) is 3.01. The Bertz CT molecular complexity index is 573. The molecule has 0 aliphatic heterocycles. The van der Waals surface area contributed by atoms with Gasteiger partial charge in [0.05, 0.1) is 5.56 Å². The fraction of sp³-hybridized carbons (Fsp3) is 0.167. The first-order valence-electron chi connectivity index (χ1n) is 5.54. The number of nitrogens with zero attached hydrogens (tertiary/aromatic N) is 3. The van der Waals surface area contributed by atoms with Crippen LogP contribution >= 0.6 is 11.8 Å². The van der Waals surface area contributed by atoms with Gasteiger partial charge >= 0.3 is 0 Å². The van der Waals surface area contributed by atoms with Crippen molar-refractivity contribution in [2.75, 3.05) is 12.0 Å². The van der Waals surface area contributed by atoms with Crippen LogP contribution in [0.1, 0.15) is 15.9 Å². The summed E-state index contributed by atoms with van der Waals surface area (Å²) in [6.07, 6.45) is 6.48. The Balaban J connectivity index is 1.99. The van der Waals surface area contributed by atoms with Crippen molar-refractivity contribution in [2.24, 2.45) is 0 Å². The molecule has 2 heterocycles. The van der Waals surface area contributed by atoms with Crippen LogP contribution in [0.2, 0.25) is 0 Å². The van der Waals surface area contributed by atoms with Crippen LogP contribution in [0.5, 0.6) is 0 Å². The van der Waals surface area contributed by atoms with E-state index in [1.807, 2.05) is 12.3 Å². The van der Waals surface area contributed by atoms with Crippen molar-refractivity contribution < 1.29 is 4.79 Å². The van der Waals surface area contributed by atoms with Crippen LogP contribution in [0, 0.1) is 0 Å². The molecule has 98 valence electrons. The number of aromatic nitrogens is 3. The molecule has 0 radical (unpaired) electrons. The molecule has 6 nitrogen and oxygen atoms in total. The summed E-state index contributed by atoms with van der Waals surface area (Å²) in [7, 11) is 0. The molecule has 0 fully saturated rings. The highest BCUT2D eigenvalue weighted by atomic mass is 32.2. The lowest BCUT2D eigenvalue weighted by Crippen LogP contribution is -2.23. The third kappa shape index (κ3) is 3.41. The summed E-state index contributed by atoms with van der Waals surface area (Å²) in [5.41, 5.74) is 6.89. The van der Waals surface area contributed by atoms with E-state index in [-0.39, 0.29) is 5.91 Å². The van der Waals surface area contributed by atoms with Gasteiger partial charge in [-0.1, -0.05) is 17.8 Å². The lowest BCUT2D eigenvalue weighted by molar-refractivity contribution is 0.0950. The van der Waals surface area contributed by atoms with Gasteiger partial charge in [0.2, 0.25) is 0 Å². The zero-order chi connectivity index (χ0) is 13.7. The SMILES string of the molecule is CSc1ncc(C(=O)NCc2cccnc2N)cn1. The second-order valence-corrected chi connectivity index (χ2v) is 4.46. The van der Waals surface area contributed by atoms with Gasteiger partial charge in [0, 0.05) is 30.7 Å². The largest absolute Gasteiger partial charge is 0.383 e. The van der Waals surface area contributed by atoms with Crippen molar-refractivity contribution in [1.82, 2.24) is 20.3 Å². The molecule has 2 aromatic heterocycles. The second-order valence-electron chi connectivity index (χ2n) is 3.69. The first kappa shape index (κ1) is 13.3. The van der Waals surface area contributed by atoms with Crippen LogP contribution in [0.4, 0.5) is 5.82 Å². The highest BCUT2D eigenvalue weighted by molar-refractivity contribution is 7.98. The number of carbonyl (C=O) groups is 1. The number of nitrogens with one attached hydrogen (secondary N) is 1. The monoisotopic (exact) mass is 275 g/mol. The van der Waals surface area contributed by atoms with Crippen LogP contribution in [0.25, 0.3) is 0 Å². The average molecular weight is 275 g/mol. The molecule has 0 aromatic carbocycles. The first-order valence-corrected chi connectivity index (χ1v) is 6.77. The zero-order valence-electron chi connectivity index (χ0n) is 10.3. The maximum absolute atomic E-state index is 11.9. The average Bonchev–Trinajstić information content (AvgIpc) is 2.46. The number of hydrogen-bond acceptors (Lipinski definition) is 6. The number of rotatable bonds is 4. The van der Waals surface area contributed by atoms with Gasteiger partial charge in [0.25, 0.3) is 5.91 Å². The van der Waals surface area contributed by atoms with Crippen LogP contribution < -0.4 is 11.1 Å². The van der Waals surface area contributed by atoms with Crippen LogP contribution in [-0.4, -0.2) is 27.1 Å². The van der Waals surface area contributed by atoms with E-state index in [2.05, 4.69) is 20.3 Å². The Morgan fingerprint density at radius 3 is 2.74 bits per heavy atom. The van der Waals surface area contributed by atoms with Crippen molar-refractivity contribution >= 4 is 23.5 Å². The predicted octanol–water partition coefficient (Wildman–Crippen LogP) is 1.11. The van der Waals surface area contributed by atoms with Gasteiger partial charge in [-0.3, -0.25) is 4.79 Å². The van der Waals surface area contributed by atoms with Crippen molar-refractivity contribution in [3.63, 3.8) is 0 Å². The number of nitrogens with two attached hydrogens (primary N) is 1. The molecule has 2 rings (SSSR count). The number of thioether (sulfide) groups is 1. The van der Waals surface area contributed by atoms with Crippen molar-refractivity contribution in [2.45, 2.75) is 11.7 Å². The van der Waals surface area contributed by atoms with Crippen LogP contribution in [0.3, 0.4) is 0 Å². The normalized spacial score (nSPS) is 10.2. The number of carbonyl (C=O) groups excluding carboxylic acids is 1. The van der Waals surface area contributed by atoms with E-state index in [1.165, 1.54) is 24.2 Å². The number of amides is 1. The van der Waals surface area contributed by atoms with E-state index in [4.69, 9.17) is 5.73 Å². The standard InChI is InChI=1S/C12H13N5OS/c1-19-12-16-6-9(7-17-12)11(18)15-5-8-3-2-4-14-10(8)13/h2-4,6-7H,5H2,1H3,(H2,13,14)(H,15,18). The molecule has 7 heteroatoms. The molecule has 0 bridgehead atoms. The minimum atomic E-state index is -0.240. The maximum Gasteiger partial charge on any atom is 0.254 e. The molecule has 0 saturated carbocycles. The predicted molar refractivity (Wildman–Crippen MR) is 73.6 cm³/mol. The number of pyridine rings is 1. The maximum atomic E-state index is 11.9. The molecule has 0 spiro atoms. The highest BCUT2D eigenvalue weighted by Crippen LogP contribution is 2.08. The third-order valence-electron chi connectivity index (χ3n) is 2.44. The Morgan fingerprint density at radius 2 is 2.11 bits per heavy atom. The Kier molecular flexibility index (Phi) is 4.30. The molecular weight excluding hydrogens is 262 g/mol. The summed E-state index contributed by atoms with van der Waals surface area (Å²) in [4.78, 5) is 23.9. The highest BCUT2D eigenvalue weighted by Gasteiger charge is 2.07. The quantitative estimate of drug-likeness (QED) is 0.641. The molecule has 19 heavy (non-hydrogen) atoms. The molecule has 0 aliphatic carbocycles. The summed E-state index contributed by atoms with van der Waals surface area (Å²) in [5, 5.41) is 3.38. The van der Waals surface area contributed by atoms with E-state index in [0.29, 0.717) is 23.1 Å². The van der Waals surface area contributed by atoms with Crippen molar-refractivity contribution in [1.29, 1.82) is 0 Å². The van der Waals surface area contributed by atoms with Gasteiger partial charge in [-0.05, 0) is 12.3 Å². The van der Waals surface area contributed by atoms with Gasteiger partial charge in [0.1, 0.15) is 5.82 Å². The molecule has 2 aromatic rings. The van der Waals surface area contributed by atoms with E-state index < -0.39 is 0 Å². The van der Waals surface area contributed by atoms with Crippen molar-refractivity contribution in [3.8, 4) is 0 Å². The Labute approximate surface area is 114 Å². The van der Waals surface area contributed by atoms with Gasteiger partial charge in [-0.15, -0.1) is 0 Å². The zero-order valence-corrected chi connectivity index (χ0v) is 11.1. The van der Waals surface area contributed by atoms with E-state index in [9.17, 15) is 4.79 Å². The fourth-order valence-electron chi connectivity index (χ4n) is 1.42. The van der Waals surface area contributed by atoms with Gasteiger partial charge in [0.15, 0.2) is 5.16 Å². The lowest BCUT2D eigenvalue weighted by Gasteiger charge is -2.06. The summed E-state index contributed by atoms with van der Waals surface area (Å²) in [6, 6.07) is 3.59. The first-order chi connectivity index (χ1) is 9.20. The second kappa shape index (κ2) is 6.14. The van der Waals surface area contributed by atoms with Crippen molar-refractivity contribution in [3.05, 3.63) is 41.9 Å². The van der Waals surface area contributed by atoms with E-state index >= 15 is 0 Å². The van der Waals surface area contributed by atoms with Gasteiger partial charge < -0.3 is 11.1 Å². The molecule has 0 unspecified atom stereocenters. The summed E-state index contributed by atoms with van der Waals surface area (Å²) < 4.78 is 0. The van der Waals surface area contributed by atoms with Crippen LogP contribution in [0.15, 0.2) is 35.9 Å². The molecular formula is C12H13N5OS. The van der Waals surface area contributed by atoms with Gasteiger partial charge in [-0.25, -0.2) is 15.0 Å². The minimum absolute atomic E-state index is 0.240. The molecule has 0 saturated heterocycles. The molecule has 0 atom stereocenters. The summed E-state index contributed by atoms with van der Waals surface area (Å²) in [6.45, 7) is 0.322. The molecule has 3 N–H and O–H groups in total. The minimum Gasteiger partial charge on any atom is -0.383 e. The smallest absolute Gasteiger partial charge is 0.254 e. The van der Waals surface area contributed by atoms with Gasteiger partial charge in [-0.2, -0.15) is 0 Å². The summed E-state index contributed by atoms with van der Waals surface area (Å²) in [5.74, 6) is 0.174. The topological polar surface area (TPSA) is 93.8 Å². The fourth-order valence-corrected chi connectivity index (χ4v) is 1.73. The molecule has 0 aliphatic rings. The Hall–Kier alpha value is -2.15. The summed E-state index contributed by atoms with van der Waals surface area (Å²) >= 11 is 1.42.